The first-order chi connectivity index (χ1) is 9.79. The van der Waals surface area contributed by atoms with Gasteiger partial charge in [-0.15, -0.1) is 0 Å². The molecule has 0 saturated carbocycles. The fourth-order valence-electron chi connectivity index (χ4n) is 3.26. The summed E-state index contributed by atoms with van der Waals surface area (Å²) < 4.78 is 0. The third-order valence-electron chi connectivity index (χ3n) is 4.67. The molecule has 1 unspecified atom stereocenters. The fourth-order valence-corrected chi connectivity index (χ4v) is 3.26. The number of rotatable bonds is 4. The first-order valence-electron chi connectivity index (χ1n) is 8.02. The summed E-state index contributed by atoms with van der Waals surface area (Å²) in [6.45, 7) is 7.10. The van der Waals surface area contributed by atoms with Gasteiger partial charge in [0.05, 0.1) is 0 Å². The maximum Gasteiger partial charge on any atom is 0.0234 e. The summed E-state index contributed by atoms with van der Waals surface area (Å²) in [5.74, 6) is 0. The summed E-state index contributed by atoms with van der Waals surface area (Å²) in [6, 6.07) is 10.0. The zero-order valence-electron chi connectivity index (χ0n) is 12.6. The van der Waals surface area contributed by atoms with Crippen LogP contribution >= 0.6 is 0 Å². The maximum atomic E-state index is 3.58. The molecule has 0 bridgehead atoms. The van der Waals surface area contributed by atoms with Crippen LogP contribution in [0, 0.1) is 0 Å². The van der Waals surface area contributed by atoms with E-state index in [1.165, 1.54) is 63.1 Å². The number of likely N-dealkylation sites (N-methyl/N-ethyl adjacent to an activating group) is 1. The standard InChI is InChI=1S/C17H27N3/c1-19-9-11-20(12-10-19)14-16-6-4-15(5-7-16)13-17-3-2-8-18-17/h4-7,17-18H,2-3,8-14H2,1H3. The van der Waals surface area contributed by atoms with E-state index in [0.29, 0.717) is 6.04 Å². The third-order valence-corrected chi connectivity index (χ3v) is 4.67. The molecule has 1 N–H and O–H groups in total. The number of nitrogens with zero attached hydrogens (tertiary/aromatic N) is 2. The lowest BCUT2D eigenvalue weighted by atomic mass is 10.0. The second-order valence-electron chi connectivity index (χ2n) is 6.39. The number of hydrogen-bond acceptors (Lipinski definition) is 3. The van der Waals surface area contributed by atoms with Gasteiger partial charge < -0.3 is 10.2 Å². The van der Waals surface area contributed by atoms with Crippen LogP contribution in [0.4, 0.5) is 0 Å². The van der Waals surface area contributed by atoms with Gasteiger partial charge >= 0.3 is 0 Å². The minimum absolute atomic E-state index is 0.707. The second kappa shape index (κ2) is 6.70. The van der Waals surface area contributed by atoms with Crippen LogP contribution in [0.2, 0.25) is 0 Å². The van der Waals surface area contributed by atoms with Crippen LogP contribution in [0.15, 0.2) is 24.3 Å². The zero-order chi connectivity index (χ0) is 13.8. The van der Waals surface area contributed by atoms with Crippen molar-refractivity contribution in [2.45, 2.75) is 31.8 Å². The Morgan fingerprint density at radius 2 is 1.75 bits per heavy atom. The van der Waals surface area contributed by atoms with Gasteiger partial charge in [0.1, 0.15) is 0 Å². The first-order valence-corrected chi connectivity index (χ1v) is 8.02. The van der Waals surface area contributed by atoms with Crippen LogP contribution in [0.3, 0.4) is 0 Å². The van der Waals surface area contributed by atoms with Crippen LogP contribution in [-0.2, 0) is 13.0 Å². The molecule has 1 atom stereocenters. The molecule has 20 heavy (non-hydrogen) atoms. The van der Waals surface area contributed by atoms with Gasteiger partial charge in [-0.3, -0.25) is 4.90 Å². The van der Waals surface area contributed by atoms with E-state index in [1.807, 2.05) is 0 Å². The molecule has 0 aliphatic carbocycles. The van der Waals surface area contributed by atoms with Gasteiger partial charge in [0, 0.05) is 38.8 Å². The van der Waals surface area contributed by atoms with Gasteiger partial charge in [0.25, 0.3) is 0 Å². The lowest BCUT2D eigenvalue weighted by molar-refractivity contribution is 0.148. The van der Waals surface area contributed by atoms with Crippen molar-refractivity contribution < 1.29 is 0 Å². The highest BCUT2D eigenvalue weighted by Crippen LogP contribution is 2.14. The Hall–Kier alpha value is -0.900. The van der Waals surface area contributed by atoms with Crippen molar-refractivity contribution >= 4 is 0 Å². The molecular weight excluding hydrogens is 246 g/mol. The quantitative estimate of drug-likeness (QED) is 0.901. The van der Waals surface area contributed by atoms with Crippen LogP contribution in [-0.4, -0.2) is 55.6 Å². The molecule has 2 saturated heterocycles. The van der Waals surface area contributed by atoms with Gasteiger partial charge in [0.15, 0.2) is 0 Å². The smallest absolute Gasteiger partial charge is 0.0234 e. The molecule has 2 heterocycles. The molecule has 0 radical (unpaired) electrons. The number of hydrogen-bond donors (Lipinski definition) is 1. The number of nitrogens with one attached hydrogen (secondary N) is 1. The first kappa shape index (κ1) is 14.1. The molecule has 0 aromatic heterocycles. The Kier molecular flexibility index (Phi) is 4.71. The Morgan fingerprint density at radius 1 is 1.05 bits per heavy atom. The second-order valence-corrected chi connectivity index (χ2v) is 6.39. The lowest BCUT2D eigenvalue weighted by Gasteiger charge is -2.32. The molecule has 2 fully saturated rings. The largest absolute Gasteiger partial charge is 0.314 e. The summed E-state index contributed by atoms with van der Waals surface area (Å²) in [5.41, 5.74) is 2.93. The fraction of sp³-hybridized carbons (Fsp3) is 0.647. The van der Waals surface area contributed by atoms with Crippen LogP contribution in [0.25, 0.3) is 0 Å². The van der Waals surface area contributed by atoms with Crippen LogP contribution in [0.1, 0.15) is 24.0 Å². The Balaban J connectivity index is 1.50. The van der Waals surface area contributed by atoms with E-state index >= 15 is 0 Å². The molecule has 3 nitrogen and oxygen atoms in total. The zero-order valence-corrected chi connectivity index (χ0v) is 12.6. The average Bonchev–Trinajstić information content (AvgIpc) is 2.96. The summed E-state index contributed by atoms with van der Waals surface area (Å²) in [4.78, 5) is 4.97. The van der Waals surface area contributed by atoms with Crippen molar-refractivity contribution in [2.75, 3.05) is 39.8 Å². The van der Waals surface area contributed by atoms with Crippen molar-refractivity contribution in [2.24, 2.45) is 0 Å². The van der Waals surface area contributed by atoms with Crippen molar-refractivity contribution in [3.05, 3.63) is 35.4 Å². The molecule has 2 aliphatic heterocycles. The summed E-state index contributed by atoms with van der Waals surface area (Å²) in [6.07, 6.45) is 3.87. The van der Waals surface area contributed by atoms with Gasteiger partial charge in [-0.05, 0) is 44.0 Å². The topological polar surface area (TPSA) is 18.5 Å². The summed E-state index contributed by atoms with van der Waals surface area (Å²) in [5, 5.41) is 3.58. The Bertz CT molecular complexity index is 401. The van der Waals surface area contributed by atoms with Gasteiger partial charge in [-0.1, -0.05) is 24.3 Å². The van der Waals surface area contributed by atoms with Crippen molar-refractivity contribution in [3.8, 4) is 0 Å². The molecule has 110 valence electrons. The highest BCUT2D eigenvalue weighted by Gasteiger charge is 2.15. The molecule has 2 aliphatic rings. The van der Waals surface area contributed by atoms with Crippen LogP contribution in [0.5, 0.6) is 0 Å². The van der Waals surface area contributed by atoms with E-state index in [0.717, 1.165) is 6.54 Å². The number of piperazine rings is 1. The van der Waals surface area contributed by atoms with E-state index in [9.17, 15) is 0 Å². The average molecular weight is 273 g/mol. The van der Waals surface area contributed by atoms with Gasteiger partial charge in [0.2, 0.25) is 0 Å². The number of benzene rings is 1. The normalized spacial score (nSPS) is 25.1. The summed E-state index contributed by atoms with van der Waals surface area (Å²) >= 11 is 0. The Labute approximate surface area is 123 Å². The SMILES string of the molecule is CN1CCN(Cc2ccc(CC3CCCN3)cc2)CC1. The lowest BCUT2D eigenvalue weighted by Crippen LogP contribution is -2.43. The molecule has 1 aromatic carbocycles. The van der Waals surface area contributed by atoms with E-state index in [2.05, 4.69) is 46.4 Å². The van der Waals surface area contributed by atoms with E-state index < -0.39 is 0 Å². The highest BCUT2D eigenvalue weighted by atomic mass is 15.2. The van der Waals surface area contributed by atoms with Crippen LogP contribution < -0.4 is 5.32 Å². The molecule has 0 amide bonds. The predicted molar refractivity (Wildman–Crippen MR) is 83.9 cm³/mol. The molecule has 0 spiro atoms. The molecular formula is C17H27N3. The third kappa shape index (κ3) is 3.81. The van der Waals surface area contributed by atoms with Crippen molar-refractivity contribution in [1.29, 1.82) is 0 Å². The molecule has 1 aromatic rings. The van der Waals surface area contributed by atoms with Gasteiger partial charge in [-0.25, -0.2) is 0 Å². The highest BCUT2D eigenvalue weighted by molar-refractivity contribution is 5.23. The van der Waals surface area contributed by atoms with E-state index in [-0.39, 0.29) is 0 Å². The van der Waals surface area contributed by atoms with Gasteiger partial charge in [-0.2, -0.15) is 0 Å². The maximum absolute atomic E-state index is 3.58. The van der Waals surface area contributed by atoms with E-state index in [1.54, 1.807) is 0 Å². The van der Waals surface area contributed by atoms with Crippen molar-refractivity contribution in [3.63, 3.8) is 0 Å². The monoisotopic (exact) mass is 273 g/mol. The predicted octanol–water partition coefficient (Wildman–Crippen LogP) is 1.73. The molecule has 3 rings (SSSR count). The minimum Gasteiger partial charge on any atom is -0.314 e. The Morgan fingerprint density at radius 3 is 2.40 bits per heavy atom. The minimum atomic E-state index is 0.707. The van der Waals surface area contributed by atoms with Crippen molar-refractivity contribution in [1.82, 2.24) is 15.1 Å². The molecule has 3 heteroatoms. The van der Waals surface area contributed by atoms with E-state index in [4.69, 9.17) is 0 Å². The summed E-state index contributed by atoms with van der Waals surface area (Å²) in [7, 11) is 2.21.